The molecule has 17 heavy (non-hydrogen) atoms. The van der Waals surface area contributed by atoms with Crippen molar-refractivity contribution >= 4 is 21.6 Å². The Morgan fingerprint density at radius 3 is 2.82 bits per heavy atom. The minimum atomic E-state index is -3.58. The number of nitrogens with one attached hydrogen (secondary N) is 2. The summed E-state index contributed by atoms with van der Waals surface area (Å²) in [4.78, 5) is 13.3. The third kappa shape index (κ3) is 2.70. The maximum Gasteiger partial charge on any atom is 0.266 e. The molecule has 94 valence electrons. The van der Waals surface area contributed by atoms with E-state index in [1.54, 1.807) is 0 Å². The van der Waals surface area contributed by atoms with E-state index in [1.807, 2.05) is 6.92 Å². The average molecular weight is 277 g/mol. The fourth-order valence-corrected chi connectivity index (χ4v) is 3.25. The number of aromatic amines is 1. The summed E-state index contributed by atoms with van der Waals surface area (Å²) in [5.74, 6) is 0.419. The molecule has 0 aromatic carbocycles. The highest BCUT2D eigenvalue weighted by atomic mass is 35.5. The van der Waals surface area contributed by atoms with Gasteiger partial charge in [0.15, 0.2) is 0 Å². The van der Waals surface area contributed by atoms with Gasteiger partial charge in [-0.25, -0.2) is 13.1 Å². The molecule has 1 heterocycles. The molecule has 1 fully saturated rings. The molecule has 0 amide bonds. The van der Waals surface area contributed by atoms with E-state index in [1.165, 1.54) is 0 Å². The number of halogens is 1. The Balaban J connectivity index is 2.20. The highest BCUT2D eigenvalue weighted by Crippen LogP contribution is 2.34. The average Bonchev–Trinajstić information content (AvgIpc) is 2.99. The highest BCUT2D eigenvalue weighted by molar-refractivity contribution is 7.89. The van der Waals surface area contributed by atoms with Crippen LogP contribution < -0.4 is 10.3 Å². The van der Waals surface area contributed by atoms with Crippen molar-refractivity contribution in [2.75, 3.05) is 0 Å². The second kappa shape index (κ2) is 4.44. The predicted molar refractivity (Wildman–Crippen MR) is 64.6 cm³/mol. The zero-order valence-corrected chi connectivity index (χ0v) is 10.8. The quantitative estimate of drug-likeness (QED) is 0.864. The van der Waals surface area contributed by atoms with Crippen molar-refractivity contribution in [1.82, 2.24) is 9.71 Å². The Morgan fingerprint density at radius 2 is 2.29 bits per heavy atom. The maximum atomic E-state index is 11.9. The molecule has 1 aromatic rings. The Hall–Kier alpha value is -0.850. The van der Waals surface area contributed by atoms with E-state index in [-0.39, 0.29) is 16.0 Å². The molecule has 1 saturated carbocycles. The summed E-state index contributed by atoms with van der Waals surface area (Å²) in [6.45, 7) is 2.02. The van der Waals surface area contributed by atoms with Gasteiger partial charge in [0.2, 0.25) is 10.0 Å². The fourth-order valence-electron chi connectivity index (χ4n) is 1.70. The first kappa shape index (κ1) is 12.6. The third-order valence-electron chi connectivity index (χ3n) is 2.90. The number of rotatable bonds is 4. The highest BCUT2D eigenvalue weighted by Gasteiger charge is 2.38. The second-order valence-electron chi connectivity index (χ2n) is 4.14. The number of H-pyrrole nitrogens is 1. The molecule has 5 nitrogen and oxygen atoms in total. The smallest absolute Gasteiger partial charge is 0.266 e. The van der Waals surface area contributed by atoms with Crippen molar-refractivity contribution in [2.24, 2.45) is 5.92 Å². The van der Waals surface area contributed by atoms with Gasteiger partial charge in [-0.2, -0.15) is 0 Å². The van der Waals surface area contributed by atoms with Gasteiger partial charge in [-0.15, -0.1) is 0 Å². The van der Waals surface area contributed by atoms with Gasteiger partial charge in [0.25, 0.3) is 5.56 Å². The van der Waals surface area contributed by atoms with Crippen molar-refractivity contribution < 1.29 is 8.42 Å². The van der Waals surface area contributed by atoms with Crippen LogP contribution in [0.2, 0.25) is 5.02 Å². The molecule has 1 aliphatic carbocycles. The van der Waals surface area contributed by atoms with Crippen molar-refractivity contribution in [3.05, 3.63) is 27.6 Å². The van der Waals surface area contributed by atoms with E-state index in [2.05, 4.69) is 9.71 Å². The first-order valence-corrected chi connectivity index (χ1v) is 7.20. The van der Waals surface area contributed by atoms with Crippen LogP contribution in [-0.2, 0) is 10.0 Å². The van der Waals surface area contributed by atoms with Gasteiger partial charge in [-0.05, 0) is 18.4 Å². The van der Waals surface area contributed by atoms with E-state index in [9.17, 15) is 13.2 Å². The molecule has 7 heteroatoms. The molecule has 0 saturated heterocycles. The summed E-state index contributed by atoms with van der Waals surface area (Å²) in [7, 11) is -3.58. The largest absolute Gasteiger partial charge is 0.326 e. The minimum Gasteiger partial charge on any atom is -0.326 e. The van der Waals surface area contributed by atoms with Crippen molar-refractivity contribution in [2.45, 2.75) is 30.7 Å². The molecule has 0 spiro atoms. The van der Waals surface area contributed by atoms with Crippen molar-refractivity contribution in [3.8, 4) is 0 Å². The summed E-state index contributed by atoms with van der Waals surface area (Å²) >= 11 is 5.59. The zero-order chi connectivity index (χ0) is 12.6. The first-order valence-electron chi connectivity index (χ1n) is 5.34. The number of pyridine rings is 1. The molecular weight excluding hydrogens is 264 g/mol. The summed E-state index contributed by atoms with van der Waals surface area (Å²) in [6.07, 6.45) is 2.98. The molecule has 0 radical (unpaired) electrons. The van der Waals surface area contributed by atoms with Crippen molar-refractivity contribution in [3.63, 3.8) is 0 Å². The zero-order valence-electron chi connectivity index (χ0n) is 9.23. The van der Waals surface area contributed by atoms with Gasteiger partial charge >= 0.3 is 0 Å². The molecule has 0 aliphatic heterocycles. The fraction of sp³-hybridized carbons (Fsp3) is 0.500. The molecule has 0 bridgehead atoms. The van der Waals surface area contributed by atoms with E-state index < -0.39 is 15.6 Å². The van der Waals surface area contributed by atoms with Crippen LogP contribution in [-0.4, -0.2) is 19.4 Å². The van der Waals surface area contributed by atoms with Gasteiger partial charge in [-0.3, -0.25) is 4.79 Å². The molecule has 2 atom stereocenters. The van der Waals surface area contributed by atoms with Crippen LogP contribution in [0, 0.1) is 5.92 Å². The number of aromatic nitrogens is 1. The van der Waals surface area contributed by atoms with Crippen molar-refractivity contribution in [1.29, 1.82) is 0 Å². The number of sulfonamides is 1. The third-order valence-corrected chi connectivity index (χ3v) is 4.65. The van der Waals surface area contributed by atoms with Crippen LogP contribution in [0.25, 0.3) is 0 Å². The van der Waals surface area contributed by atoms with Crippen LogP contribution in [0.4, 0.5) is 0 Å². The van der Waals surface area contributed by atoms with Crippen LogP contribution in [0.3, 0.4) is 0 Å². The van der Waals surface area contributed by atoms with Crippen LogP contribution in [0.1, 0.15) is 19.8 Å². The Bertz CT molecular complexity index is 581. The summed E-state index contributed by atoms with van der Waals surface area (Å²) in [6, 6.07) is 1.17. The van der Waals surface area contributed by atoms with Crippen LogP contribution in [0.15, 0.2) is 22.0 Å². The molecule has 2 unspecified atom stereocenters. The van der Waals surface area contributed by atoms with E-state index in [0.29, 0.717) is 5.92 Å². The van der Waals surface area contributed by atoms with E-state index in [0.717, 1.165) is 25.1 Å². The molecule has 1 aliphatic rings. The Morgan fingerprint density at radius 1 is 1.59 bits per heavy atom. The Kier molecular flexibility index (Phi) is 3.29. The van der Waals surface area contributed by atoms with Gasteiger partial charge in [0, 0.05) is 12.2 Å². The summed E-state index contributed by atoms with van der Waals surface area (Å²) < 4.78 is 26.4. The topological polar surface area (TPSA) is 79.0 Å². The Labute approximate surface area is 104 Å². The normalized spacial score (nSPS) is 23.6. The lowest BCUT2D eigenvalue weighted by atomic mass is 10.3. The van der Waals surface area contributed by atoms with Crippen LogP contribution >= 0.6 is 11.6 Å². The standard InChI is InChI=1S/C10H13ClN2O3S/c1-2-6-3-9(6)13-17(15,16)7-4-8(11)10(14)12-5-7/h4-6,9,13H,2-3H2,1H3,(H,12,14). The van der Waals surface area contributed by atoms with Gasteiger partial charge in [0.1, 0.15) is 5.02 Å². The number of hydrogen-bond donors (Lipinski definition) is 2. The number of hydrogen-bond acceptors (Lipinski definition) is 3. The maximum absolute atomic E-state index is 11.9. The lowest BCUT2D eigenvalue weighted by Gasteiger charge is -2.05. The van der Waals surface area contributed by atoms with E-state index in [4.69, 9.17) is 11.6 Å². The predicted octanol–water partition coefficient (Wildman–Crippen LogP) is 1.11. The molecular formula is C10H13ClN2O3S. The monoisotopic (exact) mass is 276 g/mol. The SMILES string of the molecule is CCC1CC1NS(=O)(=O)c1c[nH]c(=O)c(Cl)c1. The first-order chi connectivity index (χ1) is 7.94. The minimum absolute atomic E-state index is 0.00991. The molecule has 1 aromatic heterocycles. The van der Waals surface area contributed by atoms with Crippen LogP contribution in [0.5, 0.6) is 0 Å². The second-order valence-corrected chi connectivity index (χ2v) is 6.27. The summed E-state index contributed by atoms with van der Waals surface area (Å²) in [5, 5.41) is -0.129. The summed E-state index contributed by atoms with van der Waals surface area (Å²) in [5.41, 5.74) is -0.497. The van der Waals surface area contributed by atoms with Gasteiger partial charge in [0.05, 0.1) is 4.90 Å². The van der Waals surface area contributed by atoms with Gasteiger partial charge < -0.3 is 4.98 Å². The lowest BCUT2D eigenvalue weighted by Crippen LogP contribution is -2.27. The molecule has 2 rings (SSSR count). The molecule has 2 N–H and O–H groups in total. The van der Waals surface area contributed by atoms with E-state index >= 15 is 0 Å². The van der Waals surface area contributed by atoms with Gasteiger partial charge in [-0.1, -0.05) is 24.9 Å². The lowest BCUT2D eigenvalue weighted by molar-refractivity contribution is 0.575.